The zero-order valence-electron chi connectivity index (χ0n) is 11.9. The van der Waals surface area contributed by atoms with Gasteiger partial charge >= 0.3 is 0 Å². The molecule has 0 unspecified atom stereocenters. The minimum absolute atomic E-state index is 0.0232. The van der Waals surface area contributed by atoms with Crippen molar-refractivity contribution in [1.82, 2.24) is 9.44 Å². The average molecular weight is 332 g/mol. The quantitative estimate of drug-likeness (QED) is 0.707. The summed E-state index contributed by atoms with van der Waals surface area (Å²) in [4.78, 5) is 0.237. The molecule has 118 valence electrons. The molecular weight excluding hydrogens is 312 g/mol. The van der Waals surface area contributed by atoms with E-state index in [1.165, 1.54) is 12.5 Å². The molecule has 0 fully saturated rings. The van der Waals surface area contributed by atoms with Crippen LogP contribution in [0.4, 0.5) is 0 Å². The second-order valence-corrected chi connectivity index (χ2v) is 8.84. The molecule has 0 atom stereocenters. The third kappa shape index (κ3) is 4.26. The number of rotatable bonds is 7. The molecule has 0 bridgehead atoms. The van der Waals surface area contributed by atoms with Gasteiger partial charge in [0.25, 0.3) is 0 Å². The van der Waals surface area contributed by atoms with Gasteiger partial charge in [-0.25, -0.2) is 26.3 Å². The van der Waals surface area contributed by atoms with E-state index in [-0.39, 0.29) is 23.7 Å². The number of hydrogen-bond donors (Lipinski definition) is 2. The van der Waals surface area contributed by atoms with Gasteiger partial charge in [0, 0.05) is 13.1 Å². The van der Waals surface area contributed by atoms with Crippen LogP contribution in [0.1, 0.15) is 24.5 Å². The lowest BCUT2D eigenvalue weighted by molar-refractivity contribution is 0.571. The van der Waals surface area contributed by atoms with Crippen LogP contribution in [0.15, 0.2) is 23.1 Å². The minimum Gasteiger partial charge on any atom is -0.214 e. The van der Waals surface area contributed by atoms with Crippen molar-refractivity contribution in [3.63, 3.8) is 0 Å². The number of nitrogens with one attached hydrogen (secondary N) is 2. The Morgan fingerprint density at radius 3 is 2.38 bits per heavy atom. The molecule has 6 nitrogen and oxygen atoms in total. The van der Waals surface area contributed by atoms with Gasteiger partial charge in [-0.3, -0.25) is 0 Å². The SMILES string of the molecule is CCS(=O)(=O)NCCNS(=O)(=O)c1ccc2c(c1)CCC2. The second-order valence-electron chi connectivity index (χ2n) is 4.98. The number of sulfonamides is 2. The molecule has 0 spiro atoms. The van der Waals surface area contributed by atoms with Crippen molar-refractivity contribution in [2.45, 2.75) is 31.1 Å². The highest BCUT2D eigenvalue weighted by Gasteiger charge is 2.18. The zero-order valence-corrected chi connectivity index (χ0v) is 13.6. The fourth-order valence-corrected chi connectivity index (χ4v) is 3.99. The Morgan fingerprint density at radius 1 is 1.00 bits per heavy atom. The van der Waals surface area contributed by atoms with E-state index >= 15 is 0 Å². The van der Waals surface area contributed by atoms with Crippen LogP contribution in [-0.4, -0.2) is 35.7 Å². The Morgan fingerprint density at radius 2 is 1.67 bits per heavy atom. The van der Waals surface area contributed by atoms with E-state index in [0.717, 1.165) is 24.8 Å². The maximum Gasteiger partial charge on any atom is 0.240 e. The lowest BCUT2D eigenvalue weighted by Crippen LogP contribution is -2.35. The van der Waals surface area contributed by atoms with E-state index in [1.807, 2.05) is 6.07 Å². The van der Waals surface area contributed by atoms with E-state index in [0.29, 0.717) is 0 Å². The van der Waals surface area contributed by atoms with Gasteiger partial charge in [-0.05, 0) is 49.4 Å². The first kappa shape index (κ1) is 16.4. The molecular formula is C13H20N2O4S2. The van der Waals surface area contributed by atoms with Gasteiger partial charge in [-0.1, -0.05) is 6.07 Å². The maximum absolute atomic E-state index is 12.1. The fourth-order valence-electron chi connectivity index (χ4n) is 2.29. The fraction of sp³-hybridized carbons (Fsp3) is 0.538. The van der Waals surface area contributed by atoms with Crippen LogP contribution in [0.5, 0.6) is 0 Å². The van der Waals surface area contributed by atoms with Crippen molar-refractivity contribution >= 4 is 20.0 Å². The first-order valence-electron chi connectivity index (χ1n) is 6.93. The van der Waals surface area contributed by atoms with Crippen molar-refractivity contribution in [2.75, 3.05) is 18.8 Å². The predicted molar refractivity (Wildman–Crippen MR) is 81.1 cm³/mol. The van der Waals surface area contributed by atoms with Crippen LogP contribution in [-0.2, 0) is 32.9 Å². The van der Waals surface area contributed by atoms with Crippen LogP contribution in [0.2, 0.25) is 0 Å². The minimum atomic E-state index is -3.59. The van der Waals surface area contributed by atoms with E-state index in [4.69, 9.17) is 0 Å². The first-order chi connectivity index (χ1) is 9.84. The molecule has 1 aromatic rings. The summed E-state index contributed by atoms with van der Waals surface area (Å²) >= 11 is 0. The first-order valence-corrected chi connectivity index (χ1v) is 10.1. The Bertz CT molecular complexity index is 712. The van der Waals surface area contributed by atoms with E-state index in [1.54, 1.807) is 12.1 Å². The number of benzene rings is 1. The van der Waals surface area contributed by atoms with Crippen LogP contribution in [0.3, 0.4) is 0 Å². The van der Waals surface area contributed by atoms with Gasteiger partial charge in [0.1, 0.15) is 0 Å². The molecule has 0 heterocycles. The van der Waals surface area contributed by atoms with Crippen LogP contribution in [0.25, 0.3) is 0 Å². The molecule has 1 aliphatic rings. The molecule has 0 saturated heterocycles. The van der Waals surface area contributed by atoms with Crippen LogP contribution < -0.4 is 9.44 Å². The number of aryl methyl sites for hydroxylation is 2. The largest absolute Gasteiger partial charge is 0.240 e. The molecule has 0 saturated carbocycles. The summed E-state index contributed by atoms with van der Waals surface area (Å²) in [6.07, 6.45) is 2.97. The number of hydrogen-bond acceptors (Lipinski definition) is 4. The number of fused-ring (bicyclic) bond motifs is 1. The summed E-state index contributed by atoms with van der Waals surface area (Å²) in [7, 11) is -6.89. The van der Waals surface area contributed by atoms with Gasteiger partial charge in [0.15, 0.2) is 0 Å². The summed E-state index contributed by atoms with van der Waals surface area (Å²) in [5.74, 6) is -0.0232. The lowest BCUT2D eigenvalue weighted by atomic mass is 10.1. The summed E-state index contributed by atoms with van der Waals surface area (Å²) in [6.45, 7) is 1.59. The van der Waals surface area contributed by atoms with Crippen LogP contribution >= 0.6 is 0 Å². The van der Waals surface area contributed by atoms with Gasteiger partial charge < -0.3 is 0 Å². The third-order valence-corrected chi connectivity index (χ3v) is 6.36. The molecule has 1 aliphatic carbocycles. The summed E-state index contributed by atoms with van der Waals surface area (Å²) in [5.41, 5.74) is 2.30. The van der Waals surface area contributed by atoms with Gasteiger partial charge in [-0.15, -0.1) is 0 Å². The molecule has 2 N–H and O–H groups in total. The van der Waals surface area contributed by atoms with E-state index in [9.17, 15) is 16.8 Å². The molecule has 8 heteroatoms. The molecule has 0 amide bonds. The summed E-state index contributed by atoms with van der Waals surface area (Å²) in [5, 5.41) is 0. The van der Waals surface area contributed by atoms with Crippen molar-refractivity contribution in [1.29, 1.82) is 0 Å². The molecule has 0 aliphatic heterocycles. The highest BCUT2D eigenvalue weighted by Crippen LogP contribution is 2.24. The smallest absolute Gasteiger partial charge is 0.214 e. The topological polar surface area (TPSA) is 92.3 Å². The van der Waals surface area contributed by atoms with Crippen molar-refractivity contribution in [3.8, 4) is 0 Å². The molecule has 0 aromatic heterocycles. The van der Waals surface area contributed by atoms with E-state index in [2.05, 4.69) is 9.44 Å². The third-order valence-electron chi connectivity index (χ3n) is 3.50. The molecule has 2 rings (SSSR count). The van der Waals surface area contributed by atoms with E-state index < -0.39 is 20.0 Å². The normalized spacial score (nSPS) is 15.1. The predicted octanol–water partition coefficient (Wildman–Crippen LogP) is 0.393. The molecule has 21 heavy (non-hydrogen) atoms. The Balaban J connectivity index is 1.96. The van der Waals surface area contributed by atoms with Crippen molar-refractivity contribution in [3.05, 3.63) is 29.3 Å². The monoisotopic (exact) mass is 332 g/mol. The Hall–Kier alpha value is -0.960. The van der Waals surface area contributed by atoms with Crippen molar-refractivity contribution < 1.29 is 16.8 Å². The second kappa shape index (κ2) is 6.43. The highest BCUT2D eigenvalue weighted by atomic mass is 32.2. The Kier molecular flexibility index (Phi) is 5.03. The average Bonchev–Trinajstić information content (AvgIpc) is 2.91. The van der Waals surface area contributed by atoms with Gasteiger partial charge in [0.05, 0.1) is 10.6 Å². The summed E-state index contributed by atoms with van der Waals surface area (Å²) in [6, 6.07) is 5.17. The Labute approximate surface area is 126 Å². The van der Waals surface area contributed by atoms with Gasteiger partial charge in [-0.2, -0.15) is 0 Å². The summed E-state index contributed by atoms with van der Waals surface area (Å²) < 4.78 is 51.5. The van der Waals surface area contributed by atoms with Crippen molar-refractivity contribution in [2.24, 2.45) is 0 Å². The van der Waals surface area contributed by atoms with Crippen LogP contribution in [0, 0.1) is 0 Å². The highest BCUT2D eigenvalue weighted by molar-refractivity contribution is 7.89. The standard InChI is InChI=1S/C13H20N2O4S2/c1-2-20(16,17)14-8-9-15-21(18,19)13-7-6-11-4-3-5-12(11)10-13/h6-7,10,14-15H,2-5,8-9H2,1H3. The van der Waals surface area contributed by atoms with Gasteiger partial charge in [0.2, 0.25) is 20.0 Å². The maximum atomic E-state index is 12.1. The zero-order chi connectivity index (χ0) is 15.5. The lowest BCUT2D eigenvalue weighted by Gasteiger charge is -2.09. The molecule has 0 radical (unpaired) electrons. The molecule has 1 aromatic carbocycles.